The molecule has 0 atom stereocenters. The number of hydrogen-bond donors (Lipinski definition) is 2. The monoisotopic (exact) mass is 434 g/mol. The number of sulfonamides is 1. The first kappa shape index (κ1) is 20.9. The van der Waals surface area contributed by atoms with Gasteiger partial charge in [0.05, 0.1) is 11.4 Å². The molecule has 0 saturated carbocycles. The predicted molar refractivity (Wildman–Crippen MR) is 117 cm³/mol. The number of fused-ring (bicyclic) bond motifs is 1. The molecule has 2 aliphatic rings. The van der Waals surface area contributed by atoms with E-state index in [0.29, 0.717) is 5.82 Å². The minimum Gasteiger partial charge on any atom is -0.369 e. The first-order valence-electron chi connectivity index (χ1n) is 10.5. The average Bonchev–Trinajstić information content (AvgIpc) is 3.12. The Hall–Kier alpha value is -2.40. The third-order valence-corrected chi connectivity index (χ3v) is 6.86. The zero-order valence-corrected chi connectivity index (χ0v) is 18.5. The van der Waals surface area contributed by atoms with E-state index in [1.807, 2.05) is 0 Å². The summed E-state index contributed by atoms with van der Waals surface area (Å²) in [6, 6.07) is 1.63. The SMILES string of the molecule is CN1CCN(c2nc3c(c(NCCS(=O)(=O)Nc4ccn(C)n4)n2)CCCC3)CC1. The Morgan fingerprint density at radius 3 is 2.57 bits per heavy atom. The second-order valence-electron chi connectivity index (χ2n) is 8.02. The summed E-state index contributed by atoms with van der Waals surface area (Å²) in [7, 11) is 0.371. The van der Waals surface area contributed by atoms with Crippen molar-refractivity contribution >= 4 is 27.6 Å². The van der Waals surface area contributed by atoms with Crippen LogP contribution < -0.4 is 14.9 Å². The first-order chi connectivity index (χ1) is 14.4. The van der Waals surface area contributed by atoms with Gasteiger partial charge < -0.3 is 15.1 Å². The Kier molecular flexibility index (Phi) is 6.09. The lowest BCUT2D eigenvalue weighted by Gasteiger charge is -2.33. The van der Waals surface area contributed by atoms with Crippen molar-refractivity contribution in [3.8, 4) is 0 Å². The molecule has 0 radical (unpaired) electrons. The molecule has 0 unspecified atom stereocenters. The zero-order valence-electron chi connectivity index (χ0n) is 17.6. The second kappa shape index (κ2) is 8.76. The number of nitrogens with one attached hydrogen (secondary N) is 2. The number of hydrogen-bond acceptors (Lipinski definition) is 8. The molecular formula is C19H30N8O2S. The smallest absolute Gasteiger partial charge is 0.235 e. The van der Waals surface area contributed by atoms with E-state index in [1.165, 1.54) is 0 Å². The number of likely N-dealkylation sites (N-methyl/N-ethyl adjacent to an activating group) is 1. The lowest BCUT2D eigenvalue weighted by molar-refractivity contribution is 0.311. The largest absolute Gasteiger partial charge is 0.369 e. The fourth-order valence-corrected chi connectivity index (χ4v) is 4.76. The Labute approximate surface area is 177 Å². The van der Waals surface area contributed by atoms with Crippen molar-refractivity contribution in [2.45, 2.75) is 25.7 Å². The van der Waals surface area contributed by atoms with Crippen molar-refractivity contribution in [1.82, 2.24) is 24.6 Å². The molecule has 2 N–H and O–H groups in total. The number of piperazine rings is 1. The number of rotatable bonds is 7. The Morgan fingerprint density at radius 1 is 1.07 bits per heavy atom. The summed E-state index contributed by atoms with van der Waals surface area (Å²) >= 11 is 0. The molecule has 164 valence electrons. The van der Waals surface area contributed by atoms with Crippen molar-refractivity contribution in [2.75, 3.05) is 60.5 Å². The third kappa shape index (κ3) is 5.01. The minimum atomic E-state index is -3.50. The maximum atomic E-state index is 12.4. The molecule has 3 heterocycles. The summed E-state index contributed by atoms with van der Waals surface area (Å²) in [5.74, 6) is 1.79. The van der Waals surface area contributed by atoms with Crippen molar-refractivity contribution in [3.05, 3.63) is 23.5 Å². The van der Waals surface area contributed by atoms with Crippen LogP contribution in [0.15, 0.2) is 12.3 Å². The number of anilines is 3. The van der Waals surface area contributed by atoms with Gasteiger partial charge in [0, 0.05) is 57.6 Å². The fourth-order valence-electron chi connectivity index (χ4n) is 3.86. The Bertz CT molecular complexity index is 982. The summed E-state index contributed by atoms with van der Waals surface area (Å²) in [5.41, 5.74) is 2.23. The number of aryl methyl sites for hydroxylation is 2. The van der Waals surface area contributed by atoms with Gasteiger partial charge in [0.1, 0.15) is 5.82 Å². The zero-order chi connectivity index (χ0) is 21.1. The van der Waals surface area contributed by atoms with Crippen molar-refractivity contribution in [2.24, 2.45) is 7.05 Å². The molecule has 0 spiro atoms. The van der Waals surface area contributed by atoms with Crippen molar-refractivity contribution in [3.63, 3.8) is 0 Å². The molecule has 0 bridgehead atoms. The predicted octanol–water partition coefficient (Wildman–Crippen LogP) is 0.695. The molecule has 1 aliphatic carbocycles. The van der Waals surface area contributed by atoms with Gasteiger partial charge in [0.15, 0.2) is 5.82 Å². The highest BCUT2D eigenvalue weighted by Gasteiger charge is 2.23. The molecule has 1 fully saturated rings. The van der Waals surface area contributed by atoms with E-state index in [-0.39, 0.29) is 12.3 Å². The van der Waals surface area contributed by atoms with Crippen LogP contribution in [-0.4, -0.2) is 78.6 Å². The minimum absolute atomic E-state index is 0.0633. The van der Waals surface area contributed by atoms with Crippen LogP contribution in [0.5, 0.6) is 0 Å². The van der Waals surface area contributed by atoms with Crippen LogP contribution in [0.4, 0.5) is 17.6 Å². The molecule has 4 rings (SSSR count). The quantitative estimate of drug-likeness (QED) is 0.655. The van der Waals surface area contributed by atoms with Crippen LogP contribution in [0.25, 0.3) is 0 Å². The first-order valence-corrected chi connectivity index (χ1v) is 12.1. The number of aromatic nitrogens is 4. The van der Waals surface area contributed by atoms with Crippen molar-refractivity contribution in [1.29, 1.82) is 0 Å². The summed E-state index contributed by atoms with van der Waals surface area (Å²) < 4.78 is 28.8. The van der Waals surface area contributed by atoms with Gasteiger partial charge in [-0.2, -0.15) is 10.1 Å². The van der Waals surface area contributed by atoms with E-state index >= 15 is 0 Å². The van der Waals surface area contributed by atoms with E-state index in [0.717, 1.165) is 74.9 Å². The van der Waals surface area contributed by atoms with Crippen LogP contribution in [0.3, 0.4) is 0 Å². The van der Waals surface area contributed by atoms with Gasteiger partial charge in [-0.25, -0.2) is 13.4 Å². The second-order valence-corrected chi connectivity index (χ2v) is 9.86. The van der Waals surface area contributed by atoms with Crippen LogP contribution in [0, 0.1) is 0 Å². The highest BCUT2D eigenvalue weighted by Crippen LogP contribution is 2.28. The topological polar surface area (TPSA) is 108 Å². The van der Waals surface area contributed by atoms with Crippen molar-refractivity contribution < 1.29 is 8.42 Å². The summed E-state index contributed by atoms with van der Waals surface area (Å²) in [6.45, 7) is 4.04. The molecule has 0 aromatic carbocycles. The van der Waals surface area contributed by atoms with Crippen LogP contribution in [0.2, 0.25) is 0 Å². The summed E-state index contributed by atoms with van der Waals surface area (Å²) in [5, 5.41) is 7.34. The maximum absolute atomic E-state index is 12.4. The van der Waals surface area contributed by atoms with Gasteiger partial charge in [-0.05, 0) is 32.7 Å². The van der Waals surface area contributed by atoms with Gasteiger partial charge in [-0.1, -0.05) is 0 Å². The fraction of sp³-hybridized carbons (Fsp3) is 0.632. The van der Waals surface area contributed by atoms with E-state index in [4.69, 9.17) is 9.97 Å². The van der Waals surface area contributed by atoms with Gasteiger partial charge in [0.2, 0.25) is 16.0 Å². The van der Waals surface area contributed by atoms with E-state index in [1.54, 1.807) is 24.0 Å². The van der Waals surface area contributed by atoms with Crippen LogP contribution in [0.1, 0.15) is 24.1 Å². The molecule has 1 aliphatic heterocycles. The molecule has 2 aromatic rings. The summed E-state index contributed by atoms with van der Waals surface area (Å²) in [6.07, 6.45) is 5.82. The van der Waals surface area contributed by atoms with Gasteiger partial charge in [0.25, 0.3) is 0 Å². The standard InChI is InChI=1S/C19H30N8O2S/c1-25-10-12-27(13-11-25)19-21-16-6-4-3-5-15(16)18(22-19)20-8-14-30(28,29)24-17-7-9-26(2)23-17/h7,9H,3-6,8,10-14H2,1-2H3,(H,23,24)(H,20,21,22). The molecule has 2 aromatic heterocycles. The maximum Gasteiger partial charge on any atom is 0.235 e. The molecule has 11 heteroatoms. The normalized spacial score (nSPS) is 17.6. The highest BCUT2D eigenvalue weighted by molar-refractivity contribution is 7.92. The van der Waals surface area contributed by atoms with Gasteiger partial charge in [-0.3, -0.25) is 9.40 Å². The molecule has 0 amide bonds. The molecule has 10 nitrogen and oxygen atoms in total. The van der Waals surface area contributed by atoms with E-state index in [9.17, 15) is 8.42 Å². The molecule has 1 saturated heterocycles. The third-order valence-electron chi connectivity index (χ3n) is 5.59. The van der Waals surface area contributed by atoms with Crippen LogP contribution >= 0.6 is 0 Å². The molecule has 30 heavy (non-hydrogen) atoms. The van der Waals surface area contributed by atoms with Gasteiger partial charge in [-0.15, -0.1) is 0 Å². The van der Waals surface area contributed by atoms with Gasteiger partial charge >= 0.3 is 0 Å². The highest BCUT2D eigenvalue weighted by atomic mass is 32.2. The van der Waals surface area contributed by atoms with E-state index < -0.39 is 10.0 Å². The lowest BCUT2D eigenvalue weighted by atomic mass is 9.96. The average molecular weight is 435 g/mol. The Morgan fingerprint density at radius 2 is 1.83 bits per heavy atom. The summed E-state index contributed by atoms with van der Waals surface area (Å²) in [4.78, 5) is 14.2. The lowest BCUT2D eigenvalue weighted by Crippen LogP contribution is -2.45. The van der Waals surface area contributed by atoms with Crippen LogP contribution in [-0.2, 0) is 29.9 Å². The number of nitrogens with zero attached hydrogens (tertiary/aromatic N) is 6. The van der Waals surface area contributed by atoms with E-state index in [2.05, 4.69) is 32.0 Å². The Balaban J connectivity index is 1.45. The molecular weight excluding hydrogens is 404 g/mol.